The van der Waals surface area contributed by atoms with Crippen LogP contribution in [0.2, 0.25) is 5.15 Å². The molecule has 60 valence electrons. The van der Waals surface area contributed by atoms with E-state index >= 15 is 0 Å². The molecule has 0 bridgehead atoms. The van der Waals surface area contributed by atoms with Gasteiger partial charge in [-0.1, -0.05) is 11.6 Å². The molecule has 0 atom stereocenters. The topological polar surface area (TPSA) is 35.0 Å². The molecule has 3 nitrogen and oxygen atoms in total. The molecule has 1 aromatic heterocycles. The molecule has 0 aliphatic rings. The van der Waals surface area contributed by atoms with Crippen molar-refractivity contribution in [1.29, 1.82) is 0 Å². The minimum atomic E-state index is 0.366. The Morgan fingerprint density at radius 1 is 1.45 bits per heavy atom. The van der Waals surface area contributed by atoms with Crippen molar-refractivity contribution in [2.24, 2.45) is 0 Å². The molecule has 0 amide bonds. The lowest BCUT2D eigenvalue weighted by Gasteiger charge is -2.02. The largest absolute Gasteiger partial charge is 0.479 e. The van der Waals surface area contributed by atoms with Gasteiger partial charge in [0.2, 0.25) is 5.88 Å². The summed E-state index contributed by atoms with van der Waals surface area (Å²) in [6.07, 6.45) is 0. The Labute approximate surface area is 77.9 Å². The van der Waals surface area contributed by atoms with Gasteiger partial charge in [-0.25, -0.2) is 4.98 Å². The van der Waals surface area contributed by atoms with Crippen molar-refractivity contribution in [2.45, 2.75) is 6.92 Å². The molecular formula is C6H6BrClN2O. The molecule has 5 heteroatoms. The Kier molecular flexibility index (Phi) is 2.67. The second kappa shape index (κ2) is 3.36. The highest BCUT2D eigenvalue weighted by molar-refractivity contribution is 9.10. The third-order valence-electron chi connectivity index (χ3n) is 1.13. The van der Waals surface area contributed by atoms with Crippen molar-refractivity contribution in [3.05, 3.63) is 15.5 Å². The Bertz CT molecular complexity index is 280. The van der Waals surface area contributed by atoms with Crippen LogP contribution in [0.4, 0.5) is 0 Å². The third-order valence-corrected chi connectivity index (χ3v) is 2.01. The average molecular weight is 237 g/mol. The van der Waals surface area contributed by atoms with Crippen LogP contribution in [0.3, 0.4) is 0 Å². The Hall–Kier alpha value is -0.350. The molecule has 0 saturated carbocycles. The molecule has 0 radical (unpaired) electrons. The fraction of sp³-hybridized carbons (Fsp3) is 0.333. The van der Waals surface area contributed by atoms with Gasteiger partial charge in [0.15, 0.2) is 9.76 Å². The first kappa shape index (κ1) is 8.74. The maximum atomic E-state index is 5.69. The summed E-state index contributed by atoms with van der Waals surface area (Å²) in [6, 6.07) is 0. The molecule has 0 aliphatic heterocycles. The zero-order chi connectivity index (χ0) is 8.43. The molecule has 11 heavy (non-hydrogen) atoms. The first-order valence-corrected chi connectivity index (χ1v) is 4.06. The minimum Gasteiger partial charge on any atom is -0.479 e. The van der Waals surface area contributed by atoms with Crippen LogP contribution in [-0.4, -0.2) is 17.1 Å². The molecule has 0 saturated heterocycles. The van der Waals surface area contributed by atoms with Crippen molar-refractivity contribution in [3.63, 3.8) is 0 Å². The van der Waals surface area contributed by atoms with E-state index in [0.717, 1.165) is 0 Å². The van der Waals surface area contributed by atoms with Crippen molar-refractivity contribution >= 4 is 27.5 Å². The van der Waals surface area contributed by atoms with E-state index in [0.29, 0.717) is 21.3 Å². The SMILES string of the molecule is COc1nc(Cl)c(C)nc1Br. The van der Waals surface area contributed by atoms with Crippen molar-refractivity contribution in [2.75, 3.05) is 7.11 Å². The van der Waals surface area contributed by atoms with E-state index in [1.165, 1.54) is 7.11 Å². The summed E-state index contributed by atoms with van der Waals surface area (Å²) < 4.78 is 5.45. The van der Waals surface area contributed by atoms with E-state index in [9.17, 15) is 0 Å². The molecule has 0 aromatic carbocycles. The van der Waals surface area contributed by atoms with Crippen LogP contribution in [0.15, 0.2) is 4.60 Å². The Balaban J connectivity index is 3.21. The quantitative estimate of drug-likeness (QED) is 0.751. The number of halogens is 2. The van der Waals surface area contributed by atoms with Gasteiger partial charge in [-0.15, -0.1) is 0 Å². The molecule has 0 spiro atoms. The number of hydrogen-bond acceptors (Lipinski definition) is 3. The maximum Gasteiger partial charge on any atom is 0.248 e. The second-order valence-corrected chi connectivity index (χ2v) is 3.01. The Morgan fingerprint density at radius 3 is 2.64 bits per heavy atom. The standard InChI is InChI=1S/C6H6BrClN2O/c1-3-5(8)10-6(11-2)4(7)9-3/h1-2H3. The van der Waals surface area contributed by atoms with Crippen molar-refractivity contribution < 1.29 is 4.74 Å². The van der Waals surface area contributed by atoms with Gasteiger partial charge in [0.25, 0.3) is 0 Å². The van der Waals surface area contributed by atoms with E-state index in [2.05, 4.69) is 25.9 Å². The van der Waals surface area contributed by atoms with Crippen LogP contribution < -0.4 is 4.74 Å². The summed E-state index contributed by atoms with van der Waals surface area (Å²) in [5.74, 6) is 0.403. The van der Waals surface area contributed by atoms with E-state index in [1.807, 2.05) is 0 Å². The fourth-order valence-corrected chi connectivity index (χ4v) is 1.22. The summed E-state index contributed by atoms with van der Waals surface area (Å²) in [6.45, 7) is 1.78. The minimum absolute atomic E-state index is 0.366. The maximum absolute atomic E-state index is 5.69. The van der Waals surface area contributed by atoms with Crippen LogP contribution in [-0.2, 0) is 0 Å². The van der Waals surface area contributed by atoms with Gasteiger partial charge < -0.3 is 4.74 Å². The zero-order valence-corrected chi connectivity index (χ0v) is 8.40. The second-order valence-electron chi connectivity index (χ2n) is 1.90. The molecule has 0 unspecified atom stereocenters. The third kappa shape index (κ3) is 1.81. The average Bonchev–Trinajstić information content (AvgIpc) is 1.97. The van der Waals surface area contributed by atoms with Gasteiger partial charge in [-0.05, 0) is 22.9 Å². The molecule has 0 N–H and O–H groups in total. The molecule has 0 aliphatic carbocycles. The smallest absolute Gasteiger partial charge is 0.248 e. The number of methoxy groups -OCH3 is 1. The van der Waals surface area contributed by atoms with Gasteiger partial charge in [0.1, 0.15) is 0 Å². The molecule has 1 aromatic rings. The summed E-state index contributed by atoms with van der Waals surface area (Å²) in [4.78, 5) is 7.97. The lowest BCUT2D eigenvalue weighted by molar-refractivity contribution is 0.392. The predicted octanol–water partition coefficient (Wildman–Crippen LogP) is 2.21. The first-order valence-electron chi connectivity index (χ1n) is 2.88. The number of nitrogens with zero attached hydrogens (tertiary/aromatic N) is 2. The van der Waals surface area contributed by atoms with Crippen LogP contribution in [0.25, 0.3) is 0 Å². The van der Waals surface area contributed by atoms with Crippen LogP contribution in [0.5, 0.6) is 5.88 Å². The van der Waals surface area contributed by atoms with Crippen molar-refractivity contribution in [3.8, 4) is 5.88 Å². The number of aryl methyl sites for hydroxylation is 1. The normalized spacial score (nSPS) is 9.82. The number of ether oxygens (including phenoxy) is 1. The highest BCUT2D eigenvalue weighted by Crippen LogP contribution is 2.23. The summed E-state index contributed by atoms with van der Waals surface area (Å²) in [5, 5.41) is 0.366. The highest BCUT2D eigenvalue weighted by Gasteiger charge is 2.06. The lowest BCUT2D eigenvalue weighted by atomic mass is 10.5. The highest BCUT2D eigenvalue weighted by atomic mass is 79.9. The molecule has 1 rings (SSSR count). The fourth-order valence-electron chi connectivity index (χ4n) is 0.587. The predicted molar refractivity (Wildman–Crippen MR) is 46.0 cm³/mol. The van der Waals surface area contributed by atoms with Crippen LogP contribution in [0.1, 0.15) is 5.69 Å². The van der Waals surface area contributed by atoms with Gasteiger partial charge in [-0.2, -0.15) is 4.98 Å². The molecule has 0 fully saturated rings. The zero-order valence-electron chi connectivity index (χ0n) is 6.06. The van der Waals surface area contributed by atoms with Crippen LogP contribution >= 0.6 is 27.5 Å². The summed E-state index contributed by atoms with van der Waals surface area (Å²) in [7, 11) is 1.51. The van der Waals surface area contributed by atoms with Gasteiger partial charge >= 0.3 is 0 Å². The van der Waals surface area contributed by atoms with Crippen LogP contribution in [0, 0.1) is 6.92 Å². The van der Waals surface area contributed by atoms with Gasteiger partial charge in [0, 0.05) is 0 Å². The Morgan fingerprint density at radius 2 is 2.09 bits per heavy atom. The van der Waals surface area contributed by atoms with Crippen molar-refractivity contribution in [1.82, 2.24) is 9.97 Å². The lowest BCUT2D eigenvalue weighted by Crippen LogP contribution is -1.94. The van der Waals surface area contributed by atoms with Gasteiger partial charge in [-0.3, -0.25) is 0 Å². The van der Waals surface area contributed by atoms with E-state index in [1.54, 1.807) is 6.92 Å². The monoisotopic (exact) mass is 236 g/mol. The van der Waals surface area contributed by atoms with E-state index in [4.69, 9.17) is 16.3 Å². The van der Waals surface area contributed by atoms with E-state index in [-0.39, 0.29) is 0 Å². The summed E-state index contributed by atoms with van der Waals surface area (Å²) >= 11 is 8.87. The van der Waals surface area contributed by atoms with E-state index < -0.39 is 0 Å². The summed E-state index contributed by atoms with van der Waals surface area (Å²) in [5.41, 5.74) is 0.680. The number of rotatable bonds is 1. The first-order chi connectivity index (χ1) is 5.15. The molecular weight excluding hydrogens is 231 g/mol. The number of aromatic nitrogens is 2. The number of hydrogen-bond donors (Lipinski definition) is 0. The molecule has 1 heterocycles. The van der Waals surface area contributed by atoms with Gasteiger partial charge in [0.05, 0.1) is 12.8 Å².